The predicted octanol–water partition coefficient (Wildman–Crippen LogP) is 1.93. The molecule has 106 valence electrons. The zero-order valence-corrected chi connectivity index (χ0v) is 12.6. The molecule has 0 radical (unpaired) electrons. The Kier molecular flexibility index (Phi) is 5.95. The summed E-state index contributed by atoms with van der Waals surface area (Å²) in [6.07, 6.45) is 0. The van der Waals surface area contributed by atoms with Crippen LogP contribution in [-0.4, -0.2) is 44.4 Å². The molecule has 0 atom stereocenters. The number of hydrogen-bond acceptors (Lipinski definition) is 5. The van der Waals surface area contributed by atoms with E-state index in [9.17, 15) is 8.28 Å². The fourth-order valence-electron chi connectivity index (χ4n) is 1.82. The number of anilines is 1. The van der Waals surface area contributed by atoms with E-state index in [0.29, 0.717) is 15.6 Å². The van der Waals surface area contributed by atoms with Crippen molar-refractivity contribution in [1.29, 1.82) is 0 Å². The van der Waals surface area contributed by atoms with Gasteiger partial charge in [-0.05, 0) is 24.3 Å². The average molecular weight is 379 g/mol. The minimum atomic E-state index is -1.70. The van der Waals surface area contributed by atoms with E-state index in [1.807, 2.05) is 0 Å². The van der Waals surface area contributed by atoms with E-state index in [2.05, 4.69) is 4.90 Å². The normalized spacial score (nSPS) is 16.3. The van der Waals surface area contributed by atoms with Gasteiger partial charge in [-0.25, -0.2) is 3.07 Å². The fourth-order valence-corrected chi connectivity index (χ4v) is 2.37. The molecule has 0 aliphatic carbocycles. The van der Waals surface area contributed by atoms with Gasteiger partial charge in [0.1, 0.15) is 12.4 Å². The molecule has 0 N–H and O–H groups in total. The summed E-state index contributed by atoms with van der Waals surface area (Å²) in [4.78, 5) is 2.29. The van der Waals surface area contributed by atoms with E-state index < -0.39 is 21.5 Å². The topological polar surface area (TPSA) is 65.1 Å². The summed E-state index contributed by atoms with van der Waals surface area (Å²) in [6, 6.07) is 6.68. The molecule has 0 aromatic heterocycles. The van der Waals surface area contributed by atoms with Crippen LogP contribution in [0.1, 0.15) is 0 Å². The average Bonchev–Trinajstić information content (AvgIpc) is 2.48. The van der Waals surface area contributed by atoms with Crippen molar-refractivity contribution in [3.8, 4) is 5.75 Å². The Hall–Kier alpha value is -0.770. The Balaban J connectivity index is 1.74. The van der Waals surface area contributed by atoms with Crippen LogP contribution in [0.25, 0.3) is 0 Å². The van der Waals surface area contributed by atoms with Crippen LogP contribution >= 0.6 is 21.5 Å². The molecule has 0 amide bonds. The monoisotopic (exact) mass is 379 g/mol. The van der Waals surface area contributed by atoms with Crippen LogP contribution in [0.2, 0.25) is 0 Å². The van der Waals surface area contributed by atoms with Crippen LogP contribution in [0.15, 0.2) is 24.3 Å². The van der Waals surface area contributed by atoms with Crippen LogP contribution in [-0.2, 0) is 7.81 Å². The second kappa shape index (κ2) is 7.73. The van der Waals surface area contributed by atoms with E-state index >= 15 is 0 Å². The molecular weight excluding hydrogens is 363 g/mol. The van der Waals surface area contributed by atoms with Crippen LogP contribution in [0.4, 0.5) is 5.69 Å². The minimum absolute atomic E-state index is 0.406. The zero-order chi connectivity index (χ0) is 13.5. The Morgan fingerprint density at radius 2 is 2.00 bits per heavy atom. The number of benzene rings is 1. The predicted molar refractivity (Wildman–Crippen MR) is 79.7 cm³/mol. The van der Waals surface area contributed by atoms with E-state index in [-0.39, 0.29) is 0 Å². The first kappa shape index (κ1) is 14.6. The molecular formula is C12H16IN2O4-. The number of hydrogen-bond donors (Lipinski definition) is 0. The smallest absolute Gasteiger partial charge is 0.262 e. The molecule has 0 spiro atoms. The van der Waals surface area contributed by atoms with Gasteiger partial charge in [0.2, 0.25) is 0 Å². The van der Waals surface area contributed by atoms with Gasteiger partial charge in [-0.3, -0.25) is 4.90 Å². The molecule has 0 saturated carbocycles. The molecule has 2 rings (SSSR count). The lowest BCUT2D eigenvalue weighted by atomic mass is 10.3. The summed E-state index contributed by atoms with van der Waals surface area (Å²) in [5, 5.41) is 11.1. The van der Waals surface area contributed by atoms with Gasteiger partial charge in [0, 0.05) is 25.3 Å². The van der Waals surface area contributed by atoms with Gasteiger partial charge in [0.25, 0.3) is 21.5 Å². The summed E-state index contributed by atoms with van der Waals surface area (Å²) < 4.78 is 21.9. The van der Waals surface area contributed by atoms with Crippen molar-refractivity contribution >= 4 is 27.2 Å². The Morgan fingerprint density at radius 3 is 2.63 bits per heavy atom. The van der Waals surface area contributed by atoms with Gasteiger partial charge < -0.3 is 18.0 Å². The fraction of sp³-hybridized carbons (Fsp3) is 0.500. The third kappa shape index (κ3) is 4.68. The lowest BCUT2D eigenvalue weighted by Crippen LogP contribution is -2.38. The maximum Gasteiger partial charge on any atom is 0.262 e. The first-order chi connectivity index (χ1) is 9.29. The SMILES string of the molecule is O=IN([O-])c1ccc(OCCN2CCOCC2)cc1. The van der Waals surface area contributed by atoms with Gasteiger partial charge in [0.05, 0.1) is 13.2 Å². The summed E-state index contributed by atoms with van der Waals surface area (Å²) >= 11 is -1.70. The molecule has 1 saturated heterocycles. The summed E-state index contributed by atoms with van der Waals surface area (Å²) in [7, 11) is 0. The maximum atomic E-state index is 11.1. The van der Waals surface area contributed by atoms with E-state index in [1.54, 1.807) is 24.3 Å². The molecule has 0 bridgehead atoms. The van der Waals surface area contributed by atoms with Crippen LogP contribution < -0.4 is 8.01 Å². The van der Waals surface area contributed by atoms with Gasteiger partial charge >= 0.3 is 0 Å². The van der Waals surface area contributed by atoms with Crippen LogP contribution in [0.3, 0.4) is 0 Å². The standard InChI is InChI=1S/C12H16IN2O4/c16-13-15(17)11-1-3-12(4-2-11)19-10-7-14-5-8-18-9-6-14/h1-4H,5-10H2/q-1. The Labute approximate surface area is 122 Å². The Morgan fingerprint density at radius 1 is 1.32 bits per heavy atom. The van der Waals surface area contributed by atoms with E-state index in [1.165, 1.54) is 0 Å². The van der Waals surface area contributed by atoms with Crippen molar-refractivity contribution in [3.05, 3.63) is 29.5 Å². The largest absolute Gasteiger partial charge is 0.748 e. The molecule has 1 fully saturated rings. The third-order valence-electron chi connectivity index (χ3n) is 2.88. The Bertz CT molecular complexity index is 395. The van der Waals surface area contributed by atoms with Gasteiger partial charge in [0.15, 0.2) is 0 Å². The molecule has 7 heteroatoms. The number of nitrogens with zero attached hydrogens (tertiary/aromatic N) is 2. The molecule has 1 heterocycles. The number of morpholine rings is 1. The summed E-state index contributed by atoms with van der Waals surface area (Å²) in [5.41, 5.74) is 0.406. The van der Waals surface area contributed by atoms with Gasteiger partial charge in [-0.15, -0.1) is 0 Å². The molecule has 1 aliphatic heterocycles. The lowest BCUT2D eigenvalue weighted by Gasteiger charge is -2.26. The summed E-state index contributed by atoms with van der Waals surface area (Å²) in [5.74, 6) is 0.717. The highest BCUT2D eigenvalue weighted by Crippen LogP contribution is 2.22. The number of halogens is 1. The zero-order valence-electron chi connectivity index (χ0n) is 10.5. The highest BCUT2D eigenvalue weighted by atomic mass is 127. The molecule has 1 aromatic carbocycles. The van der Waals surface area contributed by atoms with Crippen LogP contribution in [0.5, 0.6) is 5.75 Å². The third-order valence-corrected chi connectivity index (χ3v) is 3.80. The first-order valence-corrected chi connectivity index (χ1v) is 7.92. The highest BCUT2D eigenvalue weighted by Gasteiger charge is 2.09. The highest BCUT2D eigenvalue weighted by molar-refractivity contribution is 14.1. The van der Waals surface area contributed by atoms with Crippen molar-refractivity contribution in [2.75, 3.05) is 42.7 Å². The molecule has 1 aromatic rings. The molecule has 19 heavy (non-hydrogen) atoms. The summed E-state index contributed by atoms with van der Waals surface area (Å²) in [6.45, 7) is 4.93. The van der Waals surface area contributed by atoms with Crippen molar-refractivity contribution in [3.63, 3.8) is 0 Å². The van der Waals surface area contributed by atoms with Crippen molar-refractivity contribution in [2.24, 2.45) is 0 Å². The van der Waals surface area contributed by atoms with Gasteiger partial charge in [-0.1, -0.05) is 0 Å². The molecule has 0 unspecified atom stereocenters. The maximum absolute atomic E-state index is 11.1. The number of rotatable bonds is 6. The van der Waals surface area contributed by atoms with E-state index in [0.717, 1.165) is 38.6 Å². The van der Waals surface area contributed by atoms with Crippen molar-refractivity contribution in [1.82, 2.24) is 4.90 Å². The van der Waals surface area contributed by atoms with Gasteiger partial charge in [-0.2, -0.15) is 0 Å². The quantitative estimate of drug-likeness (QED) is 0.428. The molecule has 1 aliphatic rings. The second-order valence-corrected chi connectivity index (χ2v) is 5.38. The second-order valence-electron chi connectivity index (χ2n) is 4.11. The van der Waals surface area contributed by atoms with Crippen molar-refractivity contribution < 1.29 is 12.5 Å². The lowest BCUT2D eigenvalue weighted by molar-refractivity contribution is 0.0322. The minimum Gasteiger partial charge on any atom is -0.748 e. The van der Waals surface area contributed by atoms with Crippen LogP contribution in [0, 0.1) is 5.21 Å². The van der Waals surface area contributed by atoms with Crippen molar-refractivity contribution in [2.45, 2.75) is 0 Å². The number of ether oxygens (including phenoxy) is 2. The van der Waals surface area contributed by atoms with E-state index in [4.69, 9.17) is 9.47 Å². The first-order valence-electron chi connectivity index (χ1n) is 6.07. The molecule has 6 nitrogen and oxygen atoms in total.